The smallest absolute Gasteiger partial charge is 0.304 e. The Bertz CT molecular complexity index is 246. The van der Waals surface area contributed by atoms with Crippen LogP contribution in [0.1, 0.15) is 12.8 Å². The minimum absolute atomic E-state index is 0.0202. The van der Waals surface area contributed by atoms with E-state index in [9.17, 15) is 14.4 Å². The molecule has 66 valence electrons. The van der Waals surface area contributed by atoms with Crippen LogP contribution in [0.25, 0.3) is 0 Å². The highest BCUT2D eigenvalue weighted by Crippen LogP contribution is 2.20. The molecule has 1 aliphatic heterocycles. The van der Waals surface area contributed by atoms with Crippen molar-refractivity contribution in [1.29, 1.82) is 0 Å². The highest BCUT2D eigenvalue weighted by atomic mass is 16.5. The van der Waals surface area contributed by atoms with Gasteiger partial charge in [0.05, 0.1) is 12.3 Å². The Balaban J connectivity index is 2.65. The minimum Gasteiger partial charge on any atom is -0.481 e. The molecule has 0 aromatic heterocycles. The molecule has 0 bridgehead atoms. The lowest BCUT2D eigenvalue weighted by atomic mass is 10.0. The van der Waals surface area contributed by atoms with E-state index in [-0.39, 0.29) is 11.5 Å². The van der Waals surface area contributed by atoms with E-state index in [1.54, 1.807) is 0 Å². The summed E-state index contributed by atoms with van der Waals surface area (Å²) < 4.78 is 0. The van der Waals surface area contributed by atoms with Crippen molar-refractivity contribution in [2.75, 3.05) is 0 Å². The Labute approximate surface area is 67.3 Å². The summed E-state index contributed by atoms with van der Waals surface area (Å²) >= 11 is 0. The second kappa shape index (κ2) is 2.90. The van der Waals surface area contributed by atoms with E-state index >= 15 is 0 Å². The summed E-state index contributed by atoms with van der Waals surface area (Å²) in [4.78, 5) is 31.6. The zero-order valence-corrected chi connectivity index (χ0v) is 6.06. The molecule has 0 aromatic rings. The average Bonchev–Trinajstić information content (AvgIpc) is 2.17. The van der Waals surface area contributed by atoms with Crippen LogP contribution in [-0.4, -0.2) is 33.2 Å². The van der Waals surface area contributed by atoms with Crippen LogP contribution >= 0.6 is 0 Å². The molecular formula is C6H7NO5. The van der Waals surface area contributed by atoms with E-state index in [0.717, 1.165) is 0 Å². The fourth-order valence-corrected chi connectivity index (χ4v) is 1.05. The third-order valence-corrected chi connectivity index (χ3v) is 1.64. The maximum absolute atomic E-state index is 10.8. The number of carboxylic acids is 1. The fraction of sp³-hybridized carbons (Fsp3) is 0.500. The monoisotopic (exact) mass is 173 g/mol. The van der Waals surface area contributed by atoms with Crippen molar-refractivity contribution in [3.8, 4) is 0 Å². The summed E-state index contributed by atoms with van der Waals surface area (Å²) in [6, 6.07) is 0. The van der Waals surface area contributed by atoms with Gasteiger partial charge >= 0.3 is 5.97 Å². The molecular weight excluding hydrogens is 166 g/mol. The lowest BCUT2D eigenvalue weighted by molar-refractivity contribution is -0.172. The third-order valence-electron chi connectivity index (χ3n) is 1.64. The van der Waals surface area contributed by atoms with Gasteiger partial charge in [-0.25, -0.2) is 0 Å². The van der Waals surface area contributed by atoms with Crippen LogP contribution in [0.15, 0.2) is 0 Å². The Morgan fingerprint density at radius 3 is 2.50 bits per heavy atom. The molecule has 2 N–H and O–H groups in total. The second-order valence-corrected chi connectivity index (χ2v) is 2.54. The second-order valence-electron chi connectivity index (χ2n) is 2.54. The molecule has 1 atom stereocenters. The van der Waals surface area contributed by atoms with Crippen LogP contribution in [0.3, 0.4) is 0 Å². The molecule has 0 aliphatic carbocycles. The fourth-order valence-electron chi connectivity index (χ4n) is 1.05. The number of rotatable bonds is 2. The molecule has 6 heteroatoms. The summed E-state index contributed by atoms with van der Waals surface area (Å²) in [6.45, 7) is 0. The summed E-state index contributed by atoms with van der Waals surface area (Å²) in [5, 5.41) is 17.0. The number of carbonyl (C=O) groups excluding carboxylic acids is 2. The third kappa shape index (κ3) is 1.42. The maximum atomic E-state index is 10.8. The lowest BCUT2D eigenvalue weighted by Crippen LogP contribution is -2.27. The van der Waals surface area contributed by atoms with Gasteiger partial charge < -0.3 is 5.11 Å². The molecule has 2 amide bonds. The number of imide groups is 1. The van der Waals surface area contributed by atoms with Crippen molar-refractivity contribution >= 4 is 17.8 Å². The van der Waals surface area contributed by atoms with Gasteiger partial charge in [0.25, 0.3) is 11.8 Å². The van der Waals surface area contributed by atoms with Gasteiger partial charge in [-0.05, 0) is 0 Å². The van der Waals surface area contributed by atoms with Crippen molar-refractivity contribution in [3.63, 3.8) is 0 Å². The first-order valence-electron chi connectivity index (χ1n) is 3.30. The number of aliphatic carboxylic acids is 1. The van der Waals surface area contributed by atoms with Crippen LogP contribution in [0.5, 0.6) is 0 Å². The Kier molecular flexibility index (Phi) is 2.09. The zero-order chi connectivity index (χ0) is 9.30. The van der Waals surface area contributed by atoms with E-state index in [2.05, 4.69) is 0 Å². The summed E-state index contributed by atoms with van der Waals surface area (Å²) in [7, 11) is 0. The molecule has 1 fully saturated rings. The number of hydrogen-bond acceptors (Lipinski definition) is 4. The van der Waals surface area contributed by atoms with Crippen molar-refractivity contribution in [1.82, 2.24) is 5.06 Å². The number of carboxylic acid groups (broad SMARTS) is 1. The molecule has 6 nitrogen and oxygen atoms in total. The Morgan fingerprint density at radius 1 is 1.58 bits per heavy atom. The molecule has 0 aromatic carbocycles. The number of hydrogen-bond donors (Lipinski definition) is 2. The van der Waals surface area contributed by atoms with E-state index in [4.69, 9.17) is 10.3 Å². The highest BCUT2D eigenvalue weighted by Gasteiger charge is 2.38. The number of hydroxylamine groups is 2. The molecule has 0 spiro atoms. The van der Waals surface area contributed by atoms with Crippen molar-refractivity contribution in [2.45, 2.75) is 12.8 Å². The maximum Gasteiger partial charge on any atom is 0.304 e. The predicted molar refractivity (Wildman–Crippen MR) is 34.0 cm³/mol. The first kappa shape index (κ1) is 8.66. The quantitative estimate of drug-likeness (QED) is 0.422. The summed E-state index contributed by atoms with van der Waals surface area (Å²) in [5.74, 6) is -3.63. The van der Waals surface area contributed by atoms with Gasteiger partial charge in [0.15, 0.2) is 0 Å². The highest BCUT2D eigenvalue weighted by molar-refractivity contribution is 6.03. The van der Waals surface area contributed by atoms with Gasteiger partial charge in [-0.15, -0.1) is 0 Å². The van der Waals surface area contributed by atoms with Gasteiger partial charge in [-0.3, -0.25) is 19.6 Å². The Hall–Kier alpha value is -1.43. The molecule has 1 aliphatic rings. The van der Waals surface area contributed by atoms with Crippen molar-refractivity contribution in [2.24, 2.45) is 5.92 Å². The van der Waals surface area contributed by atoms with Gasteiger partial charge in [-0.1, -0.05) is 0 Å². The molecule has 0 unspecified atom stereocenters. The van der Waals surface area contributed by atoms with Gasteiger partial charge in [0.2, 0.25) is 0 Å². The van der Waals surface area contributed by atoms with Crippen molar-refractivity contribution < 1.29 is 24.7 Å². The predicted octanol–water partition coefficient (Wildman–Crippen LogP) is -0.775. The molecule has 1 saturated heterocycles. The summed E-state index contributed by atoms with van der Waals surface area (Å²) in [5.41, 5.74) is 0. The molecule has 1 heterocycles. The van der Waals surface area contributed by atoms with Gasteiger partial charge in [0.1, 0.15) is 0 Å². The van der Waals surface area contributed by atoms with Crippen LogP contribution in [0.4, 0.5) is 0 Å². The molecule has 0 radical (unpaired) electrons. The number of amides is 2. The van der Waals surface area contributed by atoms with Crippen LogP contribution in [0, 0.1) is 5.92 Å². The van der Waals surface area contributed by atoms with Crippen LogP contribution < -0.4 is 0 Å². The van der Waals surface area contributed by atoms with E-state index in [0.29, 0.717) is 0 Å². The number of nitrogens with zero attached hydrogens (tertiary/aromatic N) is 1. The summed E-state index contributed by atoms with van der Waals surface area (Å²) in [6.07, 6.45) is -0.636. The van der Waals surface area contributed by atoms with Crippen LogP contribution in [-0.2, 0) is 14.4 Å². The van der Waals surface area contributed by atoms with Gasteiger partial charge in [-0.2, -0.15) is 5.06 Å². The van der Waals surface area contributed by atoms with E-state index in [1.165, 1.54) is 0 Å². The molecule has 1 rings (SSSR count). The van der Waals surface area contributed by atoms with E-state index < -0.39 is 30.1 Å². The average molecular weight is 173 g/mol. The van der Waals surface area contributed by atoms with E-state index in [1.807, 2.05) is 0 Å². The normalized spacial score (nSPS) is 23.4. The van der Waals surface area contributed by atoms with Gasteiger partial charge in [0, 0.05) is 6.42 Å². The first-order chi connectivity index (χ1) is 5.52. The minimum atomic E-state index is -1.16. The van der Waals surface area contributed by atoms with Crippen LogP contribution in [0.2, 0.25) is 0 Å². The number of carbonyl (C=O) groups is 3. The first-order valence-corrected chi connectivity index (χ1v) is 3.30. The SMILES string of the molecule is O=C(O)C[C@@H]1CC(=O)N(O)C1=O. The Morgan fingerprint density at radius 2 is 2.17 bits per heavy atom. The standard InChI is InChI=1S/C6H7NO5/c8-4-1-3(2-5(9)10)6(11)7(4)12/h3,12H,1-2H2,(H,9,10)/t3-/m0/s1. The topological polar surface area (TPSA) is 94.9 Å². The zero-order valence-electron chi connectivity index (χ0n) is 6.06. The largest absolute Gasteiger partial charge is 0.481 e. The molecule has 12 heavy (non-hydrogen) atoms. The van der Waals surface area contributed by atoms with Crippen molar-refractivity contribution in [3.05, 3.63) is 0 Å². The molecule has 0 saturated carbocycles. The lowest BCUT2D eigenvalue weighted by Gasteiger charge is -2.03.